The second-order valence-electron chi connectivity index (χ2n) is 5.65. The molecule has 0 amide bonds. The van der Waals surface area contributed by atoms with E-state index >= 15 is 0 Å². The van der Waals surface area contributed by atoms with Crippen molar-refractivity contribution in [1.29, 1.82) is 0 Å². The summed E-state index contributed by atoms with van der Waals surface area (Å²) in [5.74, 6) is 0.933. The van der Waals surface area contributed by atoms with Crippen molar-refractivity contribution in [2.75, 3.05) is 12.4 Å². The Kier molecular flexibility index (Phi) is 4.18. The summed E-state index contributed by atoms with van der Waals surface area (Å²) in [7, 11) is 1.63. The molecule has 0 spiro atoms. The van der Waals surface area contributed by atoms with Crippen LogP contribution < -0.4 is 10.1 Å². The number of hydrogen-bond acceptors (Lipinski definition) is 4. The zero-order chi connectivity index (χ0) is 18.1. The maximum Gasteiger partial charge on any atom is 0.143 e. The van der Waals surface area contributed by atoms with Crippen LogP contribution in [0.3, 0.4) is 0 Å². The maximum absolute atomic E-state index is 13.3. The Morgan fingerprint density at radius 1 is 1.08 bits per heavy atom. The van der Waals surface area contributed by atoms with Gasteiger partial charge in [-0.15, -0.1) is 0 Å². The van der Waals surface area contributed by atoms with Crippen LogP contribution in [0.25, 0.3) is 22.3 Å². The minimum absolute atomic E-state index is 0.0493. The number of nitrogens with one attached hydrogen (secondary N) is 2. The number of aromatic amines is 1. The van der Waals surface area contributed by atoms with E-state index in [0.29, 0.717) is 17.2 Å². The largest absolute Gasteiger partial charge is 0.497 e. The highest BCUT2D eigenvalue weighted by molar-refractivity contribution is 6.31. The smallest absolute Gasteiger partial charge is 0.143 e. The Morgan fingerprint density at radius 3 is 2.62 bits per heavy atom. The first-order valence-corrected chi connectivity index (χ1v) is 8.22. The number of ether oxygens (including phenoxy) is 1. The molecule has 0 bridgehead atoms. The van der Waals surface area contributed by atoms with Gasteiger partial charge < -0.3 is 15.0 Å². The van der Waals surface area contributed by atoms with E-state index in [1.165, 1.54) is 18.5 Å². The Balaban J connectivity index is 1.71. The SMILES string of the molecule is COc1ccc(-c2cc3c(Nc4ccc(F)c(Cl)c4)ncnc3[nH]2)cc1. The molecule has 2 aromatic heterocycles. The Hall–Kier alpha value is -3.12. The van der Waals surface area contributed by atoms with E-state index in [1.807, 2.05) is 30.3 Å². The van der Waals surface area contributed by atoms with Gasteiger partial charge in [0.1, 0.15) is 29.4 Å². The summed E-state index contributed by atoms with van der Waals surface area (Å²) in [6, 6.07) is 14.1. The van der Waals surface area contributed by atoms with Crippen molar-refractivity contribution in [1.82, 2.24) is 15.0 Å². The van der Waals surface area contributed by atoms with Crippen LogP contribution in [0.15, 0.2) is 54.9 Å². The molecule has 130 valence electrons. The summed E-state index contributed by atoms with van der Waals surface area (Å²) in [5, 5.41) is 4.02. The maximum atomic E-state index is 13.3. The molecule has 26 heavy (non-hydrogen) atoms. The van der Waals surface area contributed by atoms with E-state index in [4.69, 9.17) is 16.3 Å². The number of H-pyrrole nitrogens is 1. The Labute approximate surface area is 153 Å². The quantitative estimate of drug-likeness (QED) is 0.521. The van der Waals surface area contributed by atoms with Gasteiger partial charge in [0.2, 0.25) is 0 Å². The summed E-state index contributed by atoms with van der Waals surface area (Å²) in [6.45, 7) is 0. The van der Waals surface area contributed by atoms with Gasteiger partial charge in [-0.2, -0.15) is 0 Å². The predicted octanol–water partition coefficient (Wildman–Crippen LogP) is 5.17. The zero-order valence-corrected chi connectivity index (χ0v) is 14.5. The number of benzene rings is 2. The van der Waals surface area contributed by atoms with Gasteiger partial charge in [-0.25, -0.2) is 14.4 Å². The van der Waals surface area contributed by atoms with Gasteiger partial charge in [-0.3, -0.25) is 0 Å². The first-order chi connectivity index (χ1) is 12.6. The zero-order valence-electron chi connectivity index (χ0n) is 13.8. The van der Waals surface area contributed by atoms with Crippen molar-refractivity contribution in [2.45, 2.75) is 0 Å². The molecule has 0 radical (unpaired) electrons. The lowest BCUT2D eigenvalue weighted by Gasteiger charge is -2.06. The van der Waals surface area contributed by atoms with Gasteiger partial charge in [0.15, 0.2) is 0 Å². The highest BCUT2D eigenvalue weighted by Crippen LogP contribution is 2.30. The highest BCUT2D eigenvalue weighted by Gasteiger charge is 2.10. The van der Waals surface area contributed by atoms with Crippen molar-refractivity contribution < 1.29 is 9.13 Å². The Morgan fingerprint density at radius 2 is 1.88 bits per heavy atom. The lowest BCUT2D eigenvalue weighted by atomic mass is 10.1. The van der Waals surface area contributed by atoms with E-state index in [1.54, 1.807) is 13.2 Å². The molecule has 0 saturated heterocycles. The summed E-state index contributed by atoms with van der Waals surface area (Å²) < 4.78 is 18.5. The van der Waals surface area contributed by atoms with E-state index in [-0.39, 0.29) is 5.02 Å². The number of methoxy groups -OCH3 is 1. The summed E-state index contributed by atoms with van der Waals surface area (Å²) >= 11 is 5.84. The van der Waals surface area contributed by atoms with Crippen LogP contribution >= 0.6 is 11.6 Å². The third-order valence-electron chi connectivity index (χ3n) is 4.01. The number of rotatable bonds is 4. The van der Waals surface area contributed by atoms with Gasteiger partial charge >= 0.3 is 0 Å². The fourth-order valence-electron chi connectivity index (χ4n) is 2.68. The van der Waals surface area contributed by atoms with Gasteiger partial charge in [-0.1, -0.05) is 11.6 Å². The number of nitrogens with zero attached hydrogens (tertiary/aromatic N) is 2. The number of anilines is 2. The fourth-order valence-corrected chi connectivity index (χ4v) is 2.86. The second kappa shape index (κ2) is 6.65. The average Bonchev–Trinajstić information content (AvgIpc) is 3.10. The normalized spacial score (nSPS) is 10.9. The molecule has 2 heterocycles. The molecule has 0 unspecified atom stereocenters. The lowest BCUT2D eigenvalue weighted by molar-refractivity contribution is 0.415. The van der Waals surface area contributed by atoms with Gasteiger partial charge in [0.05, 0.1) is 17.5 Å². The molecule has 4 rings (SSSR count). The molecule has 2 aromatic carbocycles. The number of halogens is 2. The number of hydrogen-bond donors (Lipinski definition) is 2. The average molecular weight is 369 g/mol. The van der Waals surface area contributed by atoms with Crippen LogP contribution in [0.2, 0.25) is 5.02 Å². The molecule has 0 aliphatic heterocycles. The van der Waals surface area contributed by atoms with Crippen LogP contribution in [-0.4, -0.2) is 22.1 Å². The molecule has 5 nitrogen and oxygen atoms in total. The van der Waals surface area contributed by atoms with Gasteiger partial charge in [0.25, 0.3) is 0 Å². The van der Waals surface area contributed by atoms with Gasteiger partial charge in [-0.05, 0) is 54.1 Å². The molecule has 0 fully saturated rings. The molecule has 0 aliphatic carbocycles. The summed E-state index contributed by atoms with van der Waals surface area (Å²) in [5.41, 5.74) is 3.24. The number of fused-ring (bicyclic) bond motifs is 1. The van der Waals surface area contributed by atoms with Crippen LogP contribution in [0.4, 0.5) is 15.9 Å². The minimum Gasteiger partial charge on any atom is -0.497 e. The predicted molar refractivity (Wildman–Crippen MR) is 101 cm³/mol. The standard InChI is InChI=1S/C19H14ClFN4O/c1-26-13-5-2-11(3-6-13)17-9-14-18(22-10-23-19(14)25-17)24-12-4-7-16(21)15(20)8-12/h2-10H,1H3,(H2,22,23,24,25). The van der Waals surface area contributed by atoms with Crippen LogP contribution in [0.1, 0.15) is 0 Å². The monoisotopic (exact) mass is 368 g/mol. The van der Waals surface area contributed by atoms with Gasteiger partial charge in [0, 0.05) is 11.4 Å². The van der Waals surface area contributed by atoms with E-state index in [0.717, 1.165) is 22.4 Å². The fraction of sp³-hybridized carbons (Fsp3) is 0.0526. The molecule has 7 heteroatoms. The first-order valence-electron chi connectivity index (χ1n) is 7.84. The highest BCUT2D eigenvalue weighted by atomic mass is 35.5. The molecular formula is C19H14ClFN4O. The van der Waals surface area contributed by atoms with E-state index in [2.05, 4.69) is 20.3 Å². The van der Waals surface area contributed by atoms with Crippen LogP contribution in [0, 0.1) is 5.82 Å². The minimum atomic E-state index is -0.464. The lowest BCUT2D eigenvalue weighted by Crippen LogP contribution is -1.95. The third kappa shape index (κ3) is 3.07. The summed E-state index contributed by atoms with van der Waals surface area (Å²) in [6.07, 6.45) is 1.46. The molecule has 0 aliphatic rings. The molecule has 0 saturated carbocycles. The molecule has 0 atom stereocenters. The second-order valence-corrected chi connectivity index (χ2v) is 6.06. The van der Waals surface area contributed by atoms with Crippen LogP contribution in [0.5, 0.6) is 5.75 Å². The van der Waals surface area contributed by atoms with Crippen molar-refractivity contribution in [3.63, 3.8) is 0 Å². The van der Waals surface area contributed by atoms with Crippen molar-refractivity contribution >= 4 is 34.1 Å². The topological polar surface area (TPSA) is 62.8 Å². The van der Waals surface area contributed by atoms with E-state index in [9.17, 15) is 4.39 Å². The van der Waals surface area contributed by atoms with E-state index < -0.39 is 5.82 Å². The molecule has 4 aromatic rings. The van der Waals surface area contributed by atoms with Crippen molar-refractivity contribution in [2.24, 2.45) is 0 Å². The van der Waals surface area contributed by atoms with Crippen molar-refractivity contribution in [3.8, 4) is 17.0 Å². The number of aromatic nitrogens is 3. The first kappa shape index (κ1) is 16.4. The summed E-state index contributed by atoms with van der Waals surface area (Å²) in [4.78, 5) is 11.8. The van der Waals surface area contributed by atoms with Crippen molar-refractivity contribution in [3.05, 3.63) is 65.7 Å². The Bertz CT molecular complexity index is 1080. The molecule has 2 N–H and O–H groups in total. The molecular weight excluding hydrogens is 355 g/mol. The van der Waals surface area contributed by atoms with Crippen LogP contribution in [-0.2, 0) is 0 Å². The third-order valence-corrected chi connectivity index (χ3v) is 4.30.